The predicted octanol–water partition coefficient (Wildman–Crippen LogP) is 23.5. The predicted molar refractivity (Wildman–Crippen MR) is 339 cm³/mol. The maximum absolute atomic E-state index is 8.74. The molecule has 452 valence electrons. The van der Waals surface area contributed by atoms with Crippen molar-refractivity contribution in [1.29, 1.82) is 0 Å². The van der Waals surface area contributed by atoms with Gasteiger partial charge < -0.3 is 10.6 Å². The third kappa shape index (κ3) is 93.0. The summed E-state index contributed by atoms with van der Waals surface area (Å²) in [5.74, 6) is 0. The van der Waals surface area contributed by atoms with Crippen molar-refractivity contribution in [3.05, 3.63) is 24.3 Å². The summed E-state index contributed by atoms with van der Waals surface area (Å²) in [6.45, 7) is 14.1. The summed E-state index contributed by atoms with van der Waals surface area (Å²) < 4.78 is 31.6. The Hall–Kier alpha value is -0.730. The van der Waals surface area contributed by atoms with Crippen molar-refractivity contribution in [1.82, 2.24) is 10.6 Å². The van der Waals surface area contributed by atoms with Crippen LogP contribution in [0.25, 0.3) is 0 Å². The second kappa shape index (κ2) is 75.3. The molecule has 0 saturated carbocycles. The molecule has 0 bridgehead atoms. The van der Waals surface area contributed by atoms with Gasteiger partial charge in [-0.15, -0.1) is 0 Å². The molecule has 0 fully saturated rings. The SMILES string of the molecule is CCCCCCCCC=CCCCCCCCCNCCCCCCCCCCCCCCCC.CCCCCCCCC=CCCCCCCCCNCCCCCCCCCCCCCCCC.O=S(=O)(O)O. The van der Waals surface area contributed by atoms with E-state index in [9.17, 15) is 0 Å². The van der Waals surface area contributed by atoms with Gasteiger partial charge >= 0.3 is 10.4 Å². The van der Waals surface area contributed by atoms with Gasteiger partial charge in [0.15, 0.2) is 0 Å². The number of hydrogen-bond acceptors (Lipinski definition) is 4. The Morgan fingerprint density at radius 3 is 0.493 bits per heavy atom. The summed E-state index contributed by atoms with van der Waals surface area (Å²) in [6.07, 6.45) is 89.5. The van der Waals surface area contributed by atoms with Gasteiger partial charge in [0.1, 0.15) is 0 Å². The summed E-state index contributed by atoms with van der Waals surface area (Å²) >= 11 is 0. The Morgan fingerprint density at radius 1 is 0.227 bits per heavy atom. The number of unbranched alkanes of at least 4 members (excludes halogenated alkanes) is 50. The van der Waals surface area contributed by atoms with Crippen LogP contribution in [0.3, 0.4) is 0 Å². The summed E-state index contributed by atoms with van der Waals surface area (Å²) in [4.78, 5) is 0. The van der Waals surface area contributed by atoms with Crippen molar-refractivity contribution in [2.75, 3.05) is 26.2 Å². The van der Waals surface area contributed by atoms with Crippen LogP contribution in [0.5, 0.6) is 0 Å². The molecule has 0 aliphatic carbocycles. The van der Waals surface area contributed by atoms with Gasteiger partial charge in [0.25, 0.3) is 0 Å². The lowest BCUT2D eigenvalue weighted by molar-refractivity contribution is 0.381. The molecule has 0 aromatic carbocycles. The van der Waals surface area contributed by atoms with Crippen molar-refractivity contribution < 1.29 is 17.5 Å². The Balaban J connectivity index is -0.00000127. The maximum Gasteiger partial charge on any atom is 0.394 e. The molecule has 0 aliphatic heterocycles. The molecule has 4 N–H and O–H groups in total. The first-order valence-corrected chi connectivity index (χ1v) is 35.6. The first-order valence-electron chi connectivity index (χ1n) is 34.2. The minimum atomic E-state index is -4.67. The first-order chi connectivity index (χ1) is 36.8. The molecule has 7 heteroatoms. The zero-order chi connectivity index (χ0) is 55.2. The molecule has 6 nitrogen and oxygen atoms in total. The van der Waals surface area contributed by atoms with Crippen LogP contribution in [-0.2, 0) is 10.4 Å². The molecule has 0 unspecified atom stereocenters. The Labute approximate surface area is 474 Å². The molecular weight excluding hydrogens is 941 g/mol. The lowest BCUT2D eigenvalue weighted by Gasteiger charge is -2.05. The van der Waals surface area contributed by atoms with Crippen LogP contribution in [0.4, 0.5) is 0 Å². The smallest absolute Gasteiger partial charge is 0.317 e. The molecule has 0 atom stereocenters. The van der Waals surface area contributed by atoms with Gasteiger partial charge in [0.2, 0.25) is 0 Å². The molecule has 0 spiro atoms. The second-order valence-corrected chi connectivity index (χ2v) is 23.9. The molecule has 0 rings (SSSR count). The Kier molecular flexibility index (Phi) is 78.9. The van der Waals surface area contributed by atoms with Gasteiger partial charge in [-0.1, -0.05) is 335 Å². The van der Waals surface area contributed by atoms with E-state index in [1.165, 1.54) is 386 Å². The minimum Gasteiger partial charge on any atom is -0.317 e. The van der Waals surface area contributed by atoms with Crippen molar-refractivity contribution >= 4 is 10.4 Å². The quantitative estimate of drug-likeness (QED) is 0.0275. The van der Waals surface area contributed by atoms with E-state index in [2.05, 4.69) is 62.6 Å². The highest BCUT2D eigenvalue weighted by Crippen LogP contribution is 2.16. The van der Waals surface area contributed by atoms with Crippen LogP contribution in [-0.4, -0.2) is 43.7 Å². The summed E-state index contributed by atoms with van der Waals surface area (Å²) in [7, 11) is -4.67. The summed E-state index contributed by atoms with van der Waals surface area (Å²) in [5.41, 5.74) is 0. The average Bonchev–Trinajstić information content (AvgIpc) is 3.39. The van der Waals surface area contributed by atoms with Gasteiger partial charge in [0.05, 0.1) is 0 Å². The number of hydrogen-bond donors (Lipinski definition) is 4. The van der Waals surface area contributed by atoms with Crippen molar-refractivity contribution in [3.8, 4) is 0 Å². The fraction of sp³-hybridized carbons (Fsp3) is 0.941. The number of allylic oxidation sites excluding steroid dienone is 4. The normalized spacial score (nSPS) is 11.7. The zero-order valence-electron chi connectivity index (χ0n) is 51.9. The zero-order valence-corrected chi connectivity index (χ0v) is 52.7. The Morgan fingerprint density at radius 2 is 0.347 bits per heavy atom. The monoisotopic (exact) mass is 1080 g/mol. The van der Waals surface area contributed by atoms with Crippen LogP contribution in [0.1, 0.15) is 387 Å². The van der Waals surface area contributed by atoms with E-state index < -0.39 is 10.4 Å². The lowest BCUT2D eigenvalue weighted by Crippen LogP contribution is -2.16. The van der Waals surface area contributed by atoms with E-state index in [-0.39, 0.29) is 0 Å². The maximum atomic E-state index is 8.74. The molecule has 75 heavy (non-hydrogen) atoms. The number of nitrogens with one attached hydrogen (secondary N) is 2. The molecule has 0 aromatic rings. The van der Waals surface area contributed by atoms with Crippen molar-refractivity contribution in [2.45, 2.75) is 387 Å². The van der Waals surface area contributed by atoms with E-state index in [1.54, 1.807) is 0 Å². The Bertz CT molecular complexity index is 1050. The molecule has 0 aliphatic rings. The van der Waals surface area contributed by atoms with Crippen LogP contribution in [0.2, 0.25) is 0 Å². The van der Waals surface area contributed by atoms with E-state index in [1.807, 2.05) is 0 Å². The van der Waals surface area contributed by atoms with E-state index in [4.69, 9.17) is 17.5 Å². The van der Waals surface area contributed by atoms with Crippen LogP contribution in [0.15, 0.2) is 24.3 Å². The average molecular weight is 1080 g/mol. The van der Waals surface area contributed by atoms with Gasteiger partial charge in [-0.05, 0) is 103 Å². The number of rotatable bonds is 62. The highest BCUT2D eigenvalue weighted by atomic mass is 32.3. The third-order valence-electron chi connectivity index (χ3n) is 15.1. The van der Waals surface area contributed by atoms with Crippen molar-refractivity contribution in [3.63, 3.8) is 0 Å². The molecular formula is C68H140N2O4S. The van der Waals surface area contributed by atoms with Crippen LogP contribution < -0.4 is 10.6 Å². The fourth-order valence-electron chi connectivity index (χ4n) is 10.1. The van der Waals surface area contributed by atoms with Gasteiger partial charge in [0, 0.05) is 0 Å². The molecule has 0 radical (unpaired) electrons. The fourth-order valence-corrected chi connectivity index (χ4v) is 10.1. The van der Waals surface area contributed by atoms with Gasteiger partial charge in [-0.3, -0.25) is 9.11 Å². The lowest BCUT2D eigenvalue weighted by atomic mass is 10.0. The minimum absolute atomic E-state index is 1.24. The molecule has 0 heterocycles. The largest absolute Gasteiger partial charge is 0.394 e. The highest BCUT2D eigenvalue weighted by Gasteiger charge is 1.98. The summed E-state index contributed by atoms with van der Waals surface area (Å²) in [6, 6.07) is 0. The second-order valence-electron chi connectivity index (χ2n) is 23.0. The molecule has 0 amide bonds. The summed E-state index contributed by atoms with van der Waals surface area (Å²) in [5, 5.41) is 7.34. The van der Waals surface area contributed by atoms with E-state index >= 15 is 0 Å². The van der Waals surface area contributed by atoms with E-state index in [0.29, 0.717) is 0 Å². The third-order valence-corrected chi connectivity index (χ3v) is 15.1. The van der Waals surface area contributed by atoms with Gasteiger partial charge in [-0.25, -0.2) is 0 Å². The van der Waals surface area contributed by atoms with E-state index in [0.717, 1.165) is 0 Å². The molecule has 0 aromatic heterocycles. The highest BCUT2D eigenvalue weighted by molar-refractivity contribution is 7.79. The van der Waals surface area contributed by atoms with Crippen LogP contribution in [0, 0.1) is 0 Å². The van der Waals surface area contributed by atoms with Crippen molar-refractivity contribution in [2.24, 2.45) is 0 Å². The standard InChI is InChI=1S/2C34H69N.H2O4S/c2*1-3-5-7-9-11-13-15-17-19-20-22-24-26-28-30-32-34-35-33-31-29-27-25-23-21-18-16-14-12-10-8-6-4-2;1-5(2,3)4/h2*17,19,35H,3-16,18,20-34H2,1-2H3;(H2,1,2,3,4). The van der Waals surface area contributed by atoms with Gasteiger partial charge in [-0.2, -0.15) is 8.42 Å². The topological polar surface area (TPSA) is 98.7 Å². The first kappa shape index (κ1) is 78.5. The molecule has 0 saturated heterocycles. The van der Waals surface area contributed by atoms with Crippen LogP contribution >= 0.6 is 0 Å².